The molecular weight excluding hydrogens is 136 g/mol. The topological polar surface area (TPSA) is 20.2 Å². The number of aliphatic hydroxyl groups excluding tert-OH is 1. The summed E-state index contributed by atoms with van der Waals surface area (Å²) in [6, 6.07) is 0. The van der Waals surface area contributed by atoms with Gasteiger partial charge in [-0.25, -0.2) is 0 Å². The van der Waals surface area contributed by atoms with E-state index in [4.69, 9.17) is 5.11 Å². The highest BCUT2D eigenvalue weighted by atomic mass is 16.3. The maximum atomic E-state index is 8.75. The fraction of sp³-hybridized carbons (Fsp3) is 0.400. The predicted molar refractivity (Wildman–Crippen MR) is 49.3 cm³/mol. The van der Waals surface area contributed by atoms with Crippen molar-refractivity contribution < 1.29 is 5.11 Å². The monoisotopic (exact) mass is 152 g/mol. The van der Waals surface area contributed by atoms with Crippen molar-refractivity contribution in [2.45, 2.75) is 13.8 Å². The maximum Gasteiger partial charge on any atom is 0.0496 e. The van der Waals surface area contributed by atoms with Crippen molar-refractivity contribution in [3.8, 4) is 0 Å². The molecule has 0 aliphatic heterocycles. The molecule has 0 saturated heterocycles. The van der Waals surface area contributed by atoms with Gasteiger partial charge in [-0.05, 0) is 6.92 Å². The minimum atomic E-state index is 0.163. The first-order valence-corrected chi connectivity index (χ1v) is 3.81. The van der Waals surface area contributed by atoms with E-state index in [0.717, 1.165) is 5.57 Å². The van der Waals surface area contributed by atoms with E-state index in [-0.39, 0.29) is 12.5 Å². The molecule has 0 heterocycles. The Kier molecular flexibility index (Phi) is 5.49. The van der Waals surface area contributed by atoms with Gasteiger partial charge in [0.2, 0.25) is 0 Å². The summed E-state index contributed by atoms with van der Waals surface area (Å²) in [5.74, 6) is 0.163. The lowest BCUT2D eigenvalue weighted by Gasteiger charge is -2.05. The standard InChI is InChI=1S/C10H16O/c1-4-5-6-7-9(2)10(3)8-11/h4-7,10-11H,2,8H2,1,3H3/b5-4-,7-6-/t10-/m1/s1. The maximum absolute atomic E-state index is 8.75. The summed E-state index contributed by atoms with van der Waals surface area (Å²) >= 11 is 0. The first-order valence-electron chi connectivity index (χ1n) is 3.81. The highest BCUT2D eigenvalue weighted by molar-refractivity contribution is 5.20. The average molecular weight is 152 g/mol. The van der Waals surface area contributed by atoms with Crippen LogP contribution in [0.3, 0.4) is 0 Å². The lowest BCUT2D eigenvalue weighted by molar-refractivity contribution is 0.258. The largest absolute Gasteiger partial charge is 0.396 e. The van der Waals surface area contributed by atoms with Crippen LogP contribution >= 0.6 is 0 Å². The summed E-state index contributed by atoms with van der Waals surface area (Å²) in [5, 5.41) is 8.75. The van der Waals surface area contributed by atoms with Crippen LogP contribution in [-0.2, 0) is 0 Å². The predicted octanol–water partition coefficient (Wildman–Crippen LogP) is 2.30. The molecule has 62 valence electrons. The van der Waals surface area contributed by atoms with Crippen molar-refractivity contribution >= 4 is 0 Å². The Morgan fingerprint density at radius 2 is 2.18 bits per heavy atom. The van der Waals surface area contributed by atoms with Crippen molar-refractivity contribution in [3.05, 3.63) is 36.5 Å². The molecule has 1 atom stereocenters. The van der Waals surface area contributed by atoms with Crippen LogP contribution in [0.1, 0.15) is 13.8 Å². The molecule has 0 spiro atoms. The Morgan fingerprint density at radius 1 is 1.55 bits per heavy atom. The smallest absolute Gasteiger partial charge is 0.0496 e. The first-order chi connectivity index (χ1) is 5.22. The Hall–Kier alpha value is -0.820. The SMILES string of the molecule is C=C(/C=C\C=C/C)[C@H](C)CO. The summed E-state index contributed by atoms with van der Waals surface area (Å²) in [4.78, 5) is 0. The number of allylic oxidation sites excluding steroid dienone is 4. The van der Waals surface area contributed by atoms with Crippen LogP contribution in [0.2, 0.25) is 0 Å². The van der Waals surface area contributed by atoms with Crippen molar-refractivity contribution in [1.29, 1.82) is 0 Å². The second kappa shape index (κ2) is 5.93. The normalized spacial score (nSPS) is 14.5. The van der Waals surface area contributed by atoms with E-state index in [0.29, 0.717) is 0 Å². The highest BCUT2D eigenvalue weighted by Gasteiger charge is 1.99. The third-order valence-corrected chi connectivity index (χ3v) is 1.52. The number of hydrogen-bond donors (Lipinski definition) is 1. The van der Waals surface area contributed by atoms with Gasteiger partial charge in [0.1, 0.15) is 0 Å². The van der Waals surface area contributed by atoms with Gasteiger partial charge in [-0.3, -0.25) is 0 Å². The minimum absolute atomic E-state index is 0.163. The minimum Gasteiger partial charge on any atom is -0.396 e. The molecule has 0 saturated carbocycles. The van der Waals surface area contributed by atoms with Crippen LogP contribution < -0.4 is 0 Å². The zero-order valence-corrected chi connectivity index (χ0v) is 7.25. The Bertz CT molecular complexity index is 166. The first kappa shape index (κ1) is 10.2. The molecular formula is C10H16O. The molecule has 0 aromatic carbocycles. The fourth-order valence-electron chi connectivity index (χ4n) is 0.572. The van der Waals surface area contributed by atoms with E-state index >= 15 is 0 Å². The summed E-state index contributed by atoms with van der Waals surface area (Å²) < 4.78 is 0. The summed E-state index contributed by atoms with van der Waals surface area (Å²) in [6.45, 7) is 7.89. The Labute approximate surface area is 68.7 Å². The van der Waals surface area contributed by atoms with E-state index in [1.807, 2.05) is 38.2 Å². The van der Waals surface area contributed by atoms with E-state index < -0.39 is 0 Å². The van der Waals surface area contributed by atoms with Crippen molar-refractivity contribution in [2.75, 3.05) is 6.61 Å². The molecule has 1 N–H and O–H groups in total. The molecule has 0 radical (unpaired) electrons. The molecule has 1 heteroatoms. The molecule has 0 fully saturated rings. The molecule has 0 rings (SSSR count). The quantitative estimate of drug-likeness (QED) is 0.613. The van der Waals surface area contributed by atoms with Gasteiger partial charge in [-0.15, -0.1) is 0 Å². The van der Waals surface area contributed by atoms with Gasteiger partial charge >= 0.3 is 0 Å². The van der Waals surface area contributed by atoms with E-state index in [9.17, 15) is 0 Å². The van der Waals surface area contributed by atoms with Gasteiger partial charge in [0, 0.05) is 12.5 Å². The third-order valence-electron chi connectivity index (χ3n) is 1.52. The van der Waals surface area contributed by atoms with Crippen LogP contribution in [0.4, 0.5) is 0 Å². The van der Waals surface area contributed by atoms with Gasteiger partial charge in [0.05, 0.1) is 0 Å². The Morgan fingerprint density at radius 3 is 2.64 bits per heavy atom. The Balaban J connectivity index is 3.86. The lowest BCUT2D eigenvalue weighted by Crippen LogP contribution is -2.00. The van der Waals surface area contributed by atoms with Crippen molar-refractivity contribution in [1.82, 2.24) is 0 Å². The fourth-order valence-corrected chi connectivity index (χ4v) is 0.572. The third kappa shape index (κ3) is 4.57. The van der Waals surface area contributed by atoms with Gasteiger partial charge in [0.25, 0.3) is 0 Å². The molecule has 11 heavy (non-hydrogen) atoms. The zero-order valence-electron chi connectivity index (χ0n) is 7.25. The molecule has 0 aliphatic rings. The van der Waals surface area contributed by atoms with E-state index in [1.165, 1.54) is 0 Å². The van der Waals surface area contributed by atoms with Crippen molar-refractivity contribution in [3.63, 3.8) is 0 Å². The number of aliphatic hydroxyl groups is 1. The van der Waals surface area contributed by atoms with Crippen LogP contribution in [0.5, 0.6) is 0 Å². The zero-order chi connectivity index (χ0) is 8.69. The molecule has 0 unspecified atom stereocenters. The lowest BCUT2D eigenvalue weighted by atomic mass is 10.0. The van der Waals surface area contributed by atoms with Crippen molar-refractivity contribution in [2.24, 2.45) is 5.92 Å². The van der Waals surface area contributed by atoms with E-state index in [1.54, 1.807) is 0 Å². The molecule has 0 aliphatic carbocycles. The van der Waals surface area contributed by atoms with Gasteiger partial charge in [-0.1, -0.05) is 43.4 Å². The number of rotatable bonds is 4. The molecule has 0 bridgehead atoms. The summed E-state index contributed by atoms with van der Waals surface area (Å²) in [7, 11) is 0. The van der Waals surface area contributed by atoms with Gasteiger partial charge < -0.3 is 5.11 Å². The second-order valence-corrected chi connectivity index (χ2v) is 2.54. The van der Waals surface area contributed by atoms with E-state index in [2.05, 4.69) is 6.58 Å². The molecule has 0 aromatic heterocycles. The molecule has 0 aromatic rings. The average Bonchev–Trinajstić information content (AvgIpc) is 2.03. The highest BCUT2D eigenvalue weighted by Crippen LogP contribution is 2.07. The van der Waals surface area contributed by atoms with Crippen LogP contribution in [0.15, 0.2) is 36.5 Å². The number of hydrogen-bond acceptors (Lipinski definition) is 1. The summed E-state index contributed by atoms with van der Waals surface area (Å²) in [5.41, 5.74) is 0.964. The van der Waals surface area contributed by atoms with Crippen LogP contribution in [0.25, 0.3) is 0 Å². The van der Waals surface area contributed by atoms with Crippen LogP contribution in [0, 0.1) is 5.92 Å². The van der Waals surface area contributed by atoms with Gasteiger partial charge in [0.15, 0.2) is 0 Å². The second-order valence-electron chi connectivity index (χ2n) is 2.54. The van der Waals surface area contributed by atoms with Crippen LogP contribution in [-0.4, -0.2) is 11.7 Å². The van der Waals surface area contributed by atoms with Gasteiger partial charge in [-0.2, -0.15) is 0 Å². The molecule has 0 amide bonds. The molecule has 1 nitrogen and oxygen atoms in total. The summed E-state index contributed by atoms with van der Waals surface area (Å²) in [6.07, 6.45) is 7.73.